The van der Waals surface area contributed by atoms with E-state index in [1.54, 1.807) is 0 Å². The lowest BCUT2D eigenvalue weighted by molar-refractivity contribution is -0.133. The number of amides is 1. The first-order valence-corrected chi connectivity index (χ1v) is 8.72. The van der Waals surface area contributed by atoms with Gasteiger partial charge in [0.1, 0.15) is 0 Å². The molecule has 1 aromatic carbocycles. The first kappa shape index (κ1) is 15.3. The smallest absolute Gasteiger partial charge is 0.226 e. The predicted octanol–water partition coefficient (Wildman–Crippen LogP) is 2.54. The van der Waals surface area contributed by atoms with Crippen molar-refractivity contribution in [2.45, 2.75) is 32.4 Å². The highest BCUT2D eigenvalue weighted by molar-refractivity contribution is 5.83. The molecule has 1 spiro atoms. The second kappa shape index (κ2) is 6.36. The number of nitrogens with one attached hydrogen (secondary N) is 1. The number of fused-ring (bicyclic) bond motifs is 1. The van der Waals surface area contributed by atoms with Gasteiger partial charge in [0.05, 0.1) is 5.41 Å². The number of benzene rings is 1. The number of carbonyl (C=O) groups excluding carboxylic acids is 1. The molecule has 2 aliphatic rings. The van der Waals surface area contributed by atoms with Crippen molar-refractivity contribution in [2.75, 3.05) is 13.1 Å². The number of carbonyl (C=O) groups is 1. The van der Waals surface area contributed by atoms with Crippen LogP contribution in [0, 0.1) is 5.41 Å². The van der Waals surface area contributed by atoms with Gasteiger partial charge in [0.25, 0.3) is 0 Å². The molecule has 1 amide bonds. The fourth-order valence-corrected chi connectivity index (χ4v) is 4.00. The van der Waals surface area contributed by atoms with Crippen molar-refractivity contribution in [3.8, 4) is 0 Å². The van der Waals surface area contributed by atoms with E-state index in [1.165, 1.54) is 16.7 Å². The van der Waals surface area contributed by atoms with Crippen LogP contribution in [0.3, 0.4) is 0 Å². The van der Waals surface area contributed by atoms with E-state index in [9.17, 15) is 4.79 Å². The minimum absolute atomic E-state index is 0.235. The number of pyridine rings is 1. The van der Waals surface area contributed by atoms with Crippen molar-refractivity contribution in [1.29, 1.82) is 0 Å². The summed E-state index contributed by atoms with van der Waals surface area (Å²) in [6, 6.07) is 12.6. The number of hydrogen-bond donors (Lipinski definition) is 1. The molecule has 0 radical (unpaired) electrons. The van der Waals surface area contributed by atoms with Gasteiger partial charge in [-0.3, -0.25) is 14.7 Å². The number of hydrogen-bond acceptors (Lipinski definition) is 3. The molecule has 0 saturated carbocycles. The number of rotatable bonds is 2. The third-order valence-corrected chi connectivity index (χ3v) is 5.54. The summed E-state index contributed by atoms with van der Waals surface area (Å²) in [5.41, 5.74) is 3.65. The maximum atomic E-state index is 12.8. The lowest BCUT2D eigenvalue weighted by Gasteiger charge is -2.40. The molecule has 4 rings (SSSR count). The highest BCUT2D eigenvalue weighted by Crippen LogP contribution is 2.38. The van der Waals surface area contributed by atoms with Gasteiger partial charge < -0.3 is 5.32 Å². The minimum atomic E-state index is -0.235. The van der Waals surface area contributed by atoms with Gasteiger partial charge in [0, 0.05) is 25.5 Å². The summed E-state index contributed by atoms with van der Waals surface area (Å²) >= 11 is 0. The Balaban J connectivity index is 1.48. The van der Waals surface area contributed by atoms with E-state index in [1.807, 2.05) is 12.4 Å². The molecule has 124 valence electrons. The molecule has 1 aromatic heterocycles. The summed E-state index contributed by atoms with van der Waals surface area (Å²) in [5.74, 6) is 0.238. The zero-order chi connectivity index (χ0) is 16.4. The van der Waals surface area contributed by atoms with E-state index < -0.39 is 0 Å². The van der Waals surface area contributed by atoms with Gasteiger partial charge in [0.15, 0.2) is 0 Å². The van der Waals surface area contributed by atoms with Crippen LogP contribution in [-0.4, -0.2) is 28.9 Å². The Labute approximate surface area is 142 Å². The zero-order valence-electron chi connectivity index (χ0n) is 13.9. The highest BCUT2D eigenvalue weighted by atomic mass is 16.2. The summed E-state index contributed by atoms with van der Waals surface area (Å²) in [5, 5.41) is 3.16. The van der Waals surface area contributed by atoms with Crippen LogP contribution in [0.15, 0.2) is 48.8 Å². The van der Waals surface area contributed by atoms with Crippen LogP contribution in [0.2, 0.25) is 0 Å². The Bertz CT molecular complexity index is 721. The topological polar surface area (TPSA) is 45.2 Å². The molecular weight excluding hydrogens is 298 g/mol. The monoisotopic (exact) mass is 321 g/mol. The van der Waals surface area contributed by atoms with Gasteiger partial charge in [-0.15, -0.1) is 0 Å². The molecule has 4 nitrogen and oxygen atoms in total. The maximum absolute atomic E-state index is 12.8. The second-order valence-corrected chi connectivity index (χ2v) is 7.04. The Morgan fingerprint density at radius 3 is 2.50 bits per heavy atom. The molecule has 1 fully saturated rings. The largest absolute Gasteiger partial charge is 0.352 e. The standard InChI is InChI=1S/C20H23N3O/c24-19-20(13-17-3-1-2-4-18(17)14-22-19)7-11-23(12-8-20)15-16-5-9-21-10-6-16/h1-6,9-10H,7-8,11-15H2,(H,22,24). The van der Waals surface area contributed by atoms with Crippen molar-refractivity contribution < 1.29 is 4.79 Å². The number of piperidine rings is 1. The van der Waals surface area contributed by atoms with Gasteiger partial charge in [-0.25, -0.2) is 0 Å². The first-order valence-electron chi connectivity index (χ1n) is 8.72. The molecular formula is C20H23N3O. The SMILES string of the molecule is O=C1NCc2ccccc2CC12CCN(Cc1ccncc1)CC2. The second-order valence-electron chi connectivity index (χ2n) is 7.04. The fourth-order valence-electron chi connectivity index (χ4n) is 4.00. The zero-order valence-corrected chi connectivity index (χ0v) is 13.9. The first-order chi connectivity index (χ1) is 11.8. The van der Waals surface area contributed by atoms with E-state index in [0.29, 0.717) is 6.54 Å². The molecule has 0 bridgehead atoms. The molecule has 0 unspecified atom stereocenters. The highest BCUT2D eigenvalue weighted by Gasteiger charge is 2.42. The number of likely N-dealkylation sites (tertiary alicyclic amines) is 1. The summed E-state index contributed by atoms with van der Waals surface area (Å²) in [6.45, 7) is 3.55. The average molecular weight is 321 g/mol. The molecule has 3 heterocycles. The predicted molar refractivity (Wildman–Crippen MR) is 93.2 cm³/mol. The van der Waals surface area contributed by atoms with Crippen molar-refractivity contribution in [3.05, 3.63) is 65.5 Å². The Hall–Kier alpha value is -2.20. The molecule has 4 heteroatoms. The van der Waals surface area contributed by atoms with Crippen LogP contribution in [0.1, 0.15) is 29.5 Å². The van der Waals surface area contributed by atoms with Crippen molar-refractivity contribution in [1.82, 2.24) is 15.2 Å². The van der Waals surface area contributed by atoms with Crippen LogP contribution >= 0.6 is 0 Å². The quantitative estimate of drug-likeness (QED) is 0.924. The van der Waals surface area contributed by atoms with E-state index in [4.69, 9.17) is 0 Å². The van der Waals surface area contributed by atoms with Crippen LogP contribution < -0.4 is 5.32 Å². The lowest BCUT2D eigenvalue weighted by atomic mass is 9.73. The van der Waals surface area contributed by atoms with E-state index in [-0.39, 0.29) is 11.3 Å². The molecule has 0 atom stereocenters. The van der Waals surface area contributed by atoms with Gasteiger partial charge in [-0.2, -0.15) is 0 Å². The van der Waals surface area contributed by atoms with Crippen LogP contribution in [0.5, 0.6) is 0 Å². The van der Waals surface area contributed by atoms with Crippen molar-refractivity contribution in [3.63, 3.8) is 0 Å². The molecule has 2 aromatic rings. The molecule has 0 aliphatic carbocycles. The number of nitrogens with zero attached hydrogens (tertiary/aromatic N) is 2. The molecule has 1 N–H and O–H groups in total. The van der Waals surface area contributed by atoms with Crippen LogP contribution in [0.4, 0.5) is 0 Å². The fraction of sp³-hybridized carbons (Fsp3) is 0.400. The number of aromatic nitrogens is 1. The minimum Gasteiger partial charge on any atom is -0.352 e. The van der Waals surface area contributed by atoms with Gasteiger partial charge in [-0.1, -0.05) is 24.3 Å². The van der Waals surface area contributed by atoms with Crippen molar-refractivity contribution >= 4 is 5.91 Å². The third-order valence-electron chi connectivity index (χ3n) is 5.54. The lowest BCUT2D eigenvalue weighted by Crippen LogP contribution is -2.48. The van der Waals surface area contributed by atoms with Crippen LogP contribution in [0.25, 0.3) is 0 Å². The van der Waals surface area contributed by atoms with Gasteiger partial charge in [-0.05, 0) is 61.2 Å². The summed E-state index contributed by atoms with van der Waals surface area (Å²) in [6.07, 6.45) is 6.42. The summed E-state index contributed by atoms with van der Waals surface area (Å²) in [4.78, 5) is 19.3. The Morgan fingerprint density at radius 1 is 1.04 bits per heavy atom. The maximum Gasteiger partial charge on any atom is 0.226 e. The van der Waals surface area contributed by atoms with E-state index >= 15 is 0 Å². The Kier molecular flexibility index (Phi) is 4.07. The third kappa shape index (κ3) is 2.94. The van der Waals surface area contributed by atoms with Gasteiger partial charge in [0.2, 0.25) is 5.91 Å². The average Bonchev–Trinajstić information content (AvgIpc) is 2.76. The summed E-state index contributed by atoms with van der Waals surface area (Å²) in [7, 11) is 0. The molecule has 24 heavy (non-hydrogen) atoms. The van der Waals surface area contributed by atoms with E-state index in [2.05, 4.69) is 51.6 Å². The Morgan fingerprint density at radius 2 is 1.75 bits per heavy atom. The normalized spacial score (nSPS) is 20.2. The van der Waals surface area contributed by atoms with Crippen molar-refractivity contribution in [2.24, 2.45) is 5.41 Å². The molecule has 2 aliphatic heterocycles. The van der Waals surface area contributed by atoms with Gasteiger partial charge >= 0.3 is 0 Å². The molecule has 1 saturated heterocycles. The summed E-state index contributed by atoms with van der Waals surface area (Å²) < 4.78 is 0. The van der Waals surface area contributed by atoms with E-state index in [0.717, 1.165) is 38.9 Å². The van der Waals surface area contributed by atoms with Crippen LogP contribution in [-0.2, 0) is 24.3 Å².